The Labute approximate surface area is 170 Å². The van der Waals surface area contributed by atoms with E-state index in [1.807, 2.05) is 37.3 Å². The number of carbonyl (C=O) groups excluding carboxylic acids is 1. The molecule has 0 radical (unpaired) electrons. The third-order valence-corrected chi connectivity index (χ3v) is 5.81. The Kier molecular flexibility index (Phi) is 5.15. The number of fused-ring (bicyclic) bond motifs is 1. The summed E-state index contributed by atoms with van der Waals surface area (Å²) in [6.45, 7) is 2.44. The van der Waals surface area contributed by atoms with Crippen LogP contribution in [0.15, 0.2) is 54.6 Å². The zero-order chi connectivity index (χ0) is 19.7. The summed E-state index contributed by atoms with van der Waals surface area (Å²) in [4.78, 5) is 14.1. The maximum atomic E-state index is 13.2. The molecule has 0 bridgehead atoms. The molecule has 0 atom stereocenters. The number of aromatic nitrogens is 2. The van der Waals surface area contributed by atoms with Gasteiger partial charge in [0.15, 0.2) is 0 Å². The van der Waals surface area contributed by atoms with E-state index >= 15 is 0 Å². The maximum Gasteiger partial charge on any atom is 0.261 e. The molecule has 0 aliphatic rings. The highest BCUT2D eigenvalue weighted by Crippen LogP contribution is 2.30. The van der Waals surface area contributed by atoms with E-state index in [1.54, 1.807) is 16.8 Å². The van der Waals surface area contributed by atoms with Gasteiger partial charge in [-0.3, -0.25) is 4.79 Å². The third kappa shape index (κ3) is 3.79. The molecule has 142 valence electrons. The molecule has 4 nitrogen and oxygen atoms in total. The van der Waals surface area contributed by atoms with E-state index in [0.717, 1.165) is 33.6 Å². The zero-order valence-electron chi connectivity index (χ0n) is 15.1. The molecule has 0 spiro atoms. The second-order valence-corrected chi connectivity index (χ2v) is 7.90. The quantitative estimate of drug-likeness (QED) is 0.491. The first-order valence-corrected chi connectivity index (χ1v) is 9.98. The lowest BCUT2D eigenvalue weighted by Crippen LogP contribution is -2.24. The molecule has 0 saturated carbocycles. The zero-order valence-corrected chi connectivity index (χ0v) is 16.6. The van der Waals surface area contributed by atoms with Crippen LogP contribution in [0, 0.1) is 12.7 Å². The van der Waals surface area contributed by atoms with Crippen molar-refractivity contribution in [1.29, 1.82) is 0 Å². The van der Waals surface area contributed by atoms with Crippen molar-refractivity contribution in [2.75, 3.05) is 6.54 Å². The van der Waals surface area contributed by atoms with Gasteiger partial charge in [-0.25, -0.2) is 9.07 Å². The summed E-state index contributed by atoms with van der Waals surface area (Å²) in [5.41, 5.74) is 2.70. The Morgan fingerprint density at radius 1 is 1.18 bits per heavy atom. The summed E-state index contributed by atoms with van der Waals surface area (Å²) < 4.78 is 15.0. The van der Waals surface area contributed by atoms with E-state index in [9.17, 15) is 9.18 Å². The van der Waals surface area contributed by atoms with Crippen LogP contribution < -0.4 is 5.32 Å². The summed E-state index contributed by atoms with van der Waals surface area (Å²) >= 11 is 7.26. The number of benzene rings is 2. The van der Waals surface area contributed by atoms with Gasteiger partial charge in [0.25, 0.3) is 5.91 Å². The van der Waals surface area contributed by atoms with Gasteiger partial charge in [0.1, 0.15) is 10.6 Å². The fourth-order valence-corrected chi connectivity index (χ4v) is 4.20. The summed E-state index contributed by atoms with van der Waals surface area (Å²) in [5.74, 6) is -0.406. The van der Waals surface area contributed by atoms with Crippen LogP contribution >= 0.6 is 22.9 Å². The van der Waals surface area contributed by atoms with Crippen molar-refractivity contribution in [1.82, 2.24) is 15.1 Å². The van der Waals surface area contributed by atoms with Crippen LogP contribution in [0.2, 0.25) is 5.02 Å². The van der Waals surface area contributed by atoms with Crippen molar-refractivity contribution in [3.63, 3.8) is 0 Å². The summed E-state index contributed by atoms with van der Waals surface area (Å²) in [6.07, 6.45) is 0.732. The molecule has 4 aromatic rings. The Hall–Kier alpha value is -2.70. The molecule has 2 aromatic heterocycles. The first-order chi connectivity index (χ1) is 13.5. The van der Waals surface area contributed by atoms with E-state index in [-0.39, 0.29) is 11.7 Å². The predicted octanol–water partition coefficient (Wildman–Crippen LogP) is 5.16. The van der Waals surface area contributed by atoms with Gasteiger partial charge in [0.2, 0.25) is 0 Å². The van der Waals surface area contributed by atoms with Crippen LogP contribution in [-0.2, 0) is 6.42 Å². The average molecular weight is 414 g/mol. The first kappa shape index (κ1) is 18.7. The number of aryl methyl sites for hydroxylation is 1. The van der Waals surface area contributed by atoms with Gasteiger partial charge in [0.05, 0.1) is 16.3 Å². The largest absolute Gasteiger partial charge is 0.351 e. The minimum Gasteiger partial charge on any atom is -0.351 e. The van der Waals surface area contributed by atoms with E-state index < -0.39 is 0 Å². The number of amides is 1. The van der Waals surface area contributed by atoms with E-state index in [2.05, 4.69) is 10.4 Å². The van der Waals surface area contributed by atoms with Gasteiger partial charge in [-0.05, 0) is 61.4 Å². The smallest absolute Gasteiger partial charge is 0.261 e. The molecule has 0 fully saturated rings. The van der Waals surface area contributed by atoms with Gasteiger partial charge in [-0.1, -0.05) is 23.7 Å². The van der Waals surface area contributed by atoms with Crippen molar-refractivity contribution < 1.29 is 9.18 Å². The van der Waals surface area contributed by atoms with Crippen LogP contribution in [0.4, 0.5) is 4.39 Å². The molecule has 0 aliphatic carbocycles. The second-order valence-electron chi connectivity index (χ2n) is 6.44. The molecule has 7 heteroatoms. The third-order valence-electron chi connectivity index (χ3n) is 4.45. The number of rotatable bonds is 5. The van der Waals surface area contributed by atoms with Crippen LogP contribution in [0.1, 0.15) is 20.9 Å². The molecule has 2 aromatic carbocycles. The molecule has 0 saturated heterocycles. The van der Waals surface area contributed by atoms with Crippen LogP contribution in [0.5, 0.6) is 0 Å². The Bertz CT molecular complexity index is 1130. The molecule has 1 amide bonds. The van der Waals surface area contributed by atoms with E-state index in [1.165, 1.54) is 23.5 Å². The Morgan fingerprint density at radius 3 is 2.61 bits per heavy atom. The fraction of sp³-hybridized carbons (Fsp3) is 0.143. The first-order valence-electron chi connectivity index (χ1n) is 8.79. The normalized spacial score (nSPS) is 11.1. The van der Waals surface area contributed by atoms with Crippen molar-refractivity contribution in [2.45, 2.75) is 13.3 Å². The van der Waals surface area contributed by atoms with Gasteiger partial charge in [0, 0.05) is 17.0 Å². The highest BCUT2D eigenvalue weighted by Gasteiger charge is 2.17. The molecule has 28 heavy (non-hydrogen) atoms. The molecule has 1 N–H and O–H groups in total. The number of hydrogen-bond acceptors (Lipinski definition) is 3. The molecule has 0 aliphatic heterocycles. The second kappa shape index (κ2) is 7.73. The van der Waals surface area contributed by atoms with E-state index in [0.29, 0.717) is 16.4 Å². The molecular formula is C21H17ClFN3OS. The highest BCUT2D eigenvalue weighted by atomic mass is 35.5. The monoisotopic (exact) mass is 413 g/mol. The topological polar surface area (TPSA) is 46.9 Å². The Balaban J connectivity index is 1.51. The molecule has 2 heterocycles. The maximum absolute atomic E-state index is 13.2. The van der Waals surface area contributed by atoms with Crippen molar-refractivity contribution in [2.24, 2.45) is 0 Å². The summed E-state index contributed by atoms with van der Waals surface area (Å²) in [5, 5.41) is 9.11. The molecule has 0 unspecified atom stereocenters. The molecular weight excluding hydrogens is 397 g/mol. The number of hydrogen-bond donors (Lipinski definition) is 1. The van der Waals surface area contributed by atoms with Crippen molar-refractivity contribution >= 4 is 39.1 Å². The SMILES string of the molecule is Cc1nn(-c2ccc(F)cc2)c2sc(C(=O)NCCc3ccc(Cl)cc3)cc12. The lowest BCUT2D eigenvalue weighted by atomic mass is 10.1. The minimum absolute atomic E-state index is 0.111. The van der Waals surface area contributed by atoms with Gasteiger partial charge in [-0.2, -0.15) is 5.10 Å². The number of thiophene rings is 1. The van der Waals surface area contributed by atoms with Crippen molar-refractivity contribution in [3.05, 3.63) is 81.6 Å². The van der Waals surface area contributed by atoms with Crippen molar-refractivity contribution in [3.8, 4) is 5.69 Å². The van der Waals surface area contributed by atoms with Crippen LogP contribution in [-0.4, -0.2) is 22.2 Å². The minimum atomic E-state index is -0.296. The Morgan fingerprint density at radius 2 is 1.89 bits per heavy atom. The highest BCUT2D eigenvalue weighted by molar-refractivity contribution is 7.20. The fourth-order valence-electron chi connectivity index (χ4n) is 2.97. The van der Waals surface area contributed by atoms with Gasteiger partial charge in [-0.15, -0.1) is 11.3 Å². The lowest BCUT2D eigenvalue weighted by Gasteiger charge is -2.04. The summed E-state index contributed by atoms with van der Waals surface area (Å²) in [7, 11) is 0. The molecule has 4 rings (SSSR count). The number of nitrogens with one attached hydrogen (secondary N) is 1. The number of carbonyl (C=O) groups is 1. The van der Waals surface area contributed by atoms with Crippen LogP contribution in [0.3, 0.4) is 0 Å². The van der Waals surface area contributed by atoms with Gasteiger partial charge >= 0.3 is 0 Å². The summed E-state index contributed by atoms with van der Waals surface area (Å²) in [6, 6.07) is 15.6. The number of halogens is 2. The number of nitrogens with zero attached hydrogens (tertiary/aromatic N) is 2. The average Bonchev–Trinajstić information content (AvgIpc) is 3.25. The standard InChI is InChI=1S/C21H17ClFN3OS/c1-13-18-12-19(20(27)24-11-10-14-2-4-15(22)5-3-14)28-21(18)26(25-13)17-8-6-16(23)7-9-17/h2-9,12H,10-11H2,1H3,(H,24,27). The predicted molar refractivity (Wildman–Crippen MR) is 111 cm³/mol. The van der Waals surface area contributed by atoms with E-state index in [4.69, 9.17) is 11.6 Å². The van der Waals surface area contributed by atoms with Crippen LogP contribution in [0.25, 0.3) is 15.9 Å². The lowest BCUT2D eigenvalue weighted by molar-refractivity contribution is 0.0958. The van der Waals surface area contributed by atoms with Gasteiger partial charge < -0.3 is 5.32 Å².